The minimum Gasteiger partial charge on any atom is -0.384 e. The summed E-state index contributed by atoms with van der Waals surface area (Å²) in [4.78, 5) is 10.3. The van der Waals surface area contributed by atoms with Crippen LogP contribution < -0.4 is 10.6 Å². The van der Waals surface area contributed by atoms with E-state index < -0.39 is 4.92 Å². The van der Waals surface area contributed by atoms with Crippen LogP contribution >= 0.6 is 11.6 Å². The molecule has 1 heterocycles. The second-order valence-corrected chi connectivity index (χ2v) is 5.02. The molecule has 1 unspecified atom stereocenters. The van der Waals surface area contributed by atoms with Crippen LogP contribution in [0.4, 0.5) is 11.4 Å². The van der Waals surface area contributed by atoms with Crippen molar-refractivity contribution in [2.75, 3.05) is 25.0 Å². The van der Waals surface area contributed by atoms with Gasteiger partial charge in [-0.15, -0.1) is 0 Å². The van der Waals surface area contributed by atoms with Gasteiger partial charge in [0, 0.05) is 18.3 Å². The van der Waals surface area contributed by atoms with Crippen molar-refractivity contribution < 1.29 is 4.92 Å². The monoisotopic (exact) mass is 269 g/mol. The number of halogens is 1. The van der Waals surface area contributed by atoms with Crippen LogP contribution in [0.2, 0.25) is 5.02 Å². The molecule has 1 aromatic rings. The predicted octanol–water partition coefficient (Wildman–Crippen LogP) is 2.58. The Morgan fingerprint density at radius 3 is 3.00 bits per heavy atom. The largest absolute Gasteiger partial charge is 0.384 e. The fourth-order valence-electron chi connectivity index (χ4n) is 2.14. The highest BCUT2D eigenvalue weighted by Crippen LogP contribution is 2.30. The second-order valence-electron chi connectivity index (χ2n) is 4.62. The summed E-state index contributed by atoms with van der Waals surface area (Å²) < 4.78 is 0. The van der Waals surface area contributed by atoms with Crippen molar-refractivity contribution in [2.45, 2.75) is 13.3 Å². The summed E-state index contributed by atoms with van der Waals surface area (Å²) in [7, 11) is 0. The van der Waals surface area contributed by atoms with Crippen LogP contribution in [-0.4, -0.2) is 24.6 Å². The van der Waals surface area contributed by atoms with Gasteiger partial charge >= 0.3 is 0 Å². The van der Waals surface area contributed by atoms with Crippen molar-refractivity contribution in [3.8, 4) is 0 Å². The Hall–Kier alpha value is -1.33. The Morgan fingerprint density at radius 1 is 1.61 bits per heavy atom. The van der Waals surface area contributed by atoms with Crippen molar-refractivity contribution in [3.63, 3.8) is 0 Å². The van der Waals surface area contributed by atoms with Gasteiger partial charge in [0.1, 0.15) is 5.02 Å². The third-order valence-corrected chi connectivity index (χ3v) is 3.54. The third-order valence-electron chi connectivity index (χ3n) is 3.23. The van der Waals surface area contributed by atoms with Gasteiger partial charge in [0.25, 0.3) is 5.69 Å². The molecule has 5 nitrogen and oxygen atoms in total. The molecule has 2 N–H and O–H groups in total. The van der Waals surface area contributed by atoms with Gasteiger partial charge in [0.2, 0.25) is 0 Å². The van der Waals surface area contributed by atoms with Gasteiger partial charge in [-0.1, -0.05) is 11.6 Å². The first-order valence-electron chi connectivity index (χ1n) is 5.97. The number of nitro benzene ring substituents is 1. The third kappa shape index (κ3) is 2.91. The van der Waals surface area contributed by atoms with Crippen LogP contribution in [0.5, 0.6) is 0 Å². The first-order chi connectivity index (χ1) is 8.58. The van der Waals surface area contributed by atoms with E-state index in [4.69, 9.17) is 11.6 Å². The highest BCUT2D eigenvalue weighted by atomic mass is 35.5. The molecule has 18 heavy (non-hydrogen) atoms. The summed E-state index contributed by atoms with van der Waals surface area (Å²) in [5.74, 6) is 0.610. The predicted molar refractivity (Wildman–Crippen MR) is 72.3 cm³/mol. The van der Waals surface area contributed by atoms with E-state index in [9.17, 15) is 10.1 Å². The minimum atomic E-state index is -0.458. The number of rotatable bonds is 4. The summed E-state index contributed by atoms with van der Waals surface area (Å²) in [5.41, 5.74) is 1.68. The molecule has 0 amide bonds. The number of hydrogen-bond acceptors (Lipinski definition) is 4. The lowest BCUT2D eigenvalue weighted by Gasteiger charge is -2.13. The highest BCUT2D eigenvalue weighted by molar-refractivity contribution is 6.33. The lowest BCUT2D eigenvalue weighted by Crippen LogP contribution is -2.17. The van der Waals surface area contributed by atoms with Gasteiger partial charge in [-0.2, -0.15) is 0 Å². The van der Waals surface area contributed by atoms with Crippen LogP contribution in [0.1, 0.15) is 12.0 Å². The van der Waals surface area contributed by atoms with Gasteiger partial charge in [-0.05, 0) is 44.0 Å². The van der Waals surface area contributed by atoms with E-state index in [-0.39, 0.29) is 10.7 Å². The number of aryl methyl sites for hydroxylation is 1. The van der Waals surface area contributed by atoms with Crippen LogP contribution in [0.25, 0.3) is 0 Å². The first kappa shape index (κ1) is 13.1. The second kappa shape index (κ2) is 5.54. The molecular formula is C12H16ClN3O2. The SMILES string of the molecule is Cc1cc([N+](=O)[O-])c(Cl)cc1NCC1CCNC1. The molecule has 0 aromatic heterocycles. The molecule has 1 fully saturated rings. The molecule has 1 atom stereocenters. The Morgan fingerprint density at radius 2 is 2.39 bits per heavy atom. The number of benzene rings is 1. The average molecular weight is 270 g/mol. The lowest BCUT2D eigenvalue weighted by atomic mass is 10.1. The molecule has 2 rings (SSSR count). The molecule has 0 saturated carbocycles. The van der Waals surface area contributed by atoms with Gasteiger partial charge in [0.15, 0.2) is 0 Å². The number of nitro groups is 1. The number of anilines is 1. The molecule has 0 bridgehead atoms. The van der Waals surface area contributed by atoms with Crippen LogP contribution in [0, 0.1) is 23.0 Å². The van der Waals surface area contributed by atoms with Gasteiger partial charge < -0.3 is 10.6 Å². The normalized spacial score (nSPS) is 18.9. The van der Waals surface area contributed by atoms with Crippen LogP contribution in [0.15, 0.2) is 12.1 Å². The van der Waals surface area contributed by atoms with E-state index in [1.54, 1.807) is 6.07 Å². The molecule has 0 aliphatic carbocycles. The van der Waals surface area contributed by atoms with Crippen molar-refractivity contribution >= 4 is 23.0 Å². The van der Waals surface area contributed by atoms with E-state index in [1.165, 1.54) is 6.07 Å². The lowest BCUT2D eigenvalue weighted by molar-refractivity contribution is -0.384. The molecule has 1 aromatic carbocycles. The fourth-order valence-corrected chi connectivity index (χ4v) is 2.37. The smallest absolute Gasteiger partial charge is 0.288 e. The van der Waals surface area contributed by atoms with Gasteiger partial charge in [-0.25, -0.2) is 0 Å². The van der Waals surface area contributed by atoms with Crippen molar-refractivity contribution in [2.24, 2.45) is 5.92 Å². The van der Waals surface area contributed by atoms with Crippen molar-refractivity contribution in [1.29, 1.82) is 0 Å². The summed E-state index contributed by atoms with van der Waals surface area (Å²) in [6.45, 7) is 4.79. The molecule has 1 aliphatic heterocycles. The molecule has 98 valence electrons. The summed E-state index contributed by atoms with van der Waals surface area (Å²) in [6, 6.07) is 3.15. The zero-order valence-corrected chi connectivity index (χ0v) is 11.0. The Labute approximate surface area is 111 Å². The molecule has 1 aliphatic rings. The van der Waals surface area contributed by atoms with Crippen molar-refractivity contribution in [3.05, 3.63) is 32.8 Å². The Kier molecular flexibility index (Phi) is 4.04. The van der Waals surface area contributed by atoms with E-state index in [0.717, 1.165) is 37.3 Å². The molecule has 0 radical (unpaired) electrons. The zero-order valence-electron chi connectivity index (χ0n) is 10.2. The van der Waals surface area contributed by atoms with E-state index in [0.29, 0.717) is 5.92 Å². The summed E-state index contributed by atoms with van der Waals surface area (Å²) >= 11 is 5.90. The maximum atomic E-state index is 10.7. The molecule has 0 spiro atoms. The van der Waals surface area contributed by atoms with E-state index in [2.05, 4.69) is 10.6 Å². The standard InChI is InChI=1S/C12H16ClN3O2/c1-8-4-12(16(17)18)10(13)5-11(8)15-7-9-2-3-14-6-9/h4-5,9,14-15H,2-3,6-7H2,1H3. The van der Waals surface area contributed by atoms with Gasteiger partial charge in [0.05, 0.1) is 4.92 Å². The maximum Gasteiger partial charge on any atom is 0.288 e. The van der Waals surface area contributed by atoms with Crippen LogP contribution in [-0.2, 0) is 0 Å². The molecule has 1 saturated heterocycles. The summed E-state index contributed by atoms with van der Waals surface area (Å²) in [6.07, 6.45) is 1.16. The maximum absolute atomic E-state index is 10.7. The van der Waals surface area contributed by atoms with E-state index >= 15 is 0 Å². The average Bonchev–Trinajstić information content (AvgIpc) is 2.82. The Bertz CT molecular complexity index is 459. The topological polar surface area (TPSA) is 67.2 Å². The van der Waals surface area contributed by atoms with Crippen molar-refractivity contribution in [1.82, 2.24) is 5.32 Å². The minimum absolute atomic E-state index is 0.0396. The first-order valence-corrected chi connectivity index (χ1v) is 6.35. The Balaban J connectivity index is 2.08. The molecule has 6 heteroatoms. The molecular weight excluding hydrogens is 254 g/mol. The van der Waals surface area contributed by atoms with Gasteiger partial charge in [-0.3, -0.25) is 10.1 Å². The van der Waals surface area contributed by atoms with E-state index in [1.807, 2.05) is 6.92 Å². The number of nitrogens with zero attached hydrogens (tertiary/aromatic N) is 1. The summed E-state index contributed by atoms with van der Waals surface area (Å²) in [5, 5.41) is 17.5. The zero-order chi connectivity index (χ0) is 13.1. The fraction of sp³-hybridized carbons (Fsp3) is 0.500. The quantitative estimate of drug-likeness (QED) is 0.651. The van der Waals surface area contributed by atoms with Crippen LogP contribution in [0.3, 0.4) is 0 Å². The highest BCUT2D eigenvalue weighted by Gasteiger charge is 2.17. The number of hydrogen-bond donors (Lipinski definition) is 2. The number of nitrogens with one attached hydrogen (secondary N) is 2.